The van der Waals surface area contributed by atoms with Crippen molar-refractivity contribution in [3.05, 3.63) is 63.2 Å². The maximum Gasteiger partial charge on any atom is 0.269 e. The van der Waals surface area contributed by atoms with Crippen LogP contribution in [0.2, 0.25) is 5.02 Å². The van der Waals surface area contributed by atoms with Crippen molar-refractivity contribution in [2.24, 2.45) is 0 Å². The van der Waals surface area contributed by atoms with Crippen molar-refractivity contribution >= 4 is 23.2 Å². The first-order chi connectivity index (χ1) is 11.9. The maximum atomic E-state index is 12.2. The van der Waals surface area contributed by atoms with Gasteiger partial charge in [0.15, 0.2) is 6.61 Å². The molecular weight excluding hydrogens is 348 g/mol. The molecule has 0 aliphatic heterocycles. The third kappa shape index (κ3) is 5.09. The monoisotopic (exact) mass is 364 g/mol. The minimum Gasteiger partial charge on any atom is -0.497 e. The Morgan fingerprint density at radius 3 is 2.44 bits per heavy atom. The lowest BCUT2D eigenvalue weighted by atomic mass is 10.2. The number of halogens is 1. The number of rotatable bonds is 7. The minimum atomic E-state index is -0.506. The molecular formula is C17H17ClN2O5. The van der Waals surface area contributed by atoms with Gasteiger partial charge in [0.2, 0.25) is 0 Å². The van der Waals surface area contributed by atoms with E-state index >= 15 is 0 Å². The van der Waals surface area contributed by atoms with Crippen LogP contribution in [0.4, 0.5) is 5.69 Å². The van der Waals surface area contributed by atoms with E-state index in [1.807, 2.05) is 0 Å². The summed E-state index contributed by atoms with van der Waals surface area (Å²) in [6, 6.07) is 11.0. The van der Waals surface area contributed by atoms with Crippen LogP contribution in [0.5, 0.6) is 11.5 Å². The van der Waals surface area contributed by atoms with Gasteiger partial charge in [-0.15, -0.1) is 0 Å². The Labute approximate surface area is 149 Å². The van der Waals surface area contributed by atoms with Gasteiger partial charge >= 0.3 is 0 Å². The Morgan fingerprint density at radius 1 is 1.20 bits per heavy atom. The van der Waals surface area contributed by atoms with Gasteiger partial charge in [-0.2, -0.15) is 0 Å². The summed E-state index contributed by atoms with van der Waals surface area (Å²) < 4.78 is 10.5. The molecule has 0 aliphatic carbocycles. The number of hydrogen-bond acceptors (Lipinski definition) is 5. The molecule has 0 spiro atoms. The number of methoxy groups -OCH3 is 1. The zero-order valence-corrected chi connectivity index (χ0v) is 14.5. The SMILES string of the molecule is COc1ccc(OCC(=O)N(C)Cc2cc([N+](=O)[O-])ccc2Cl)cc1. The second-order valence-corrected chi connectivity index (χ2v) is 5.65. The van der Waals surface area contributed by atoms with Crippen LogP contribution in [0.1, 0.15) is 5.56 Å². The van der Waals surface area contributed by atoms with Crippen molar-refractivity contribution < 1.29 is 19.2 Å². The van der Waals surface area contributed by atoms with Crippen LogP contribution in [-0.2, 0) is 11.3 Å². The molecule has 7 nitrogen and oxygen atoms in total. The fourth-order valence-corrected chi connectivity index (χ4v) is 2.24. The van der Waals surface area contributed by atoms with E-state index in [0.29, 0.717) is 22.1 Å². The number of nitro groups is 1. The van der Waals surface area contributed by atoms with E-state index < -0.39 is 4.92 Å². The van der Waals surface area contributed by atoms with E-state index in [2.05, 4.69) is 0 Å². The predicted octanol–water partition coefficient (Wildman–Crippen LogP) is 3.29. The fourth-order valence-electron chi connectivity index (χ4n) is 2.07. The molecule has 8 heteroatoms. The number of benzene rings is 2. The number of amides is 1. The zero-order valence-electron chi connectivity index (χ0n) is 13.8. The first-order valence-electron chi connectivity index (χ1n) is 7.34. The summed E-state index contributed by atoms with van der Waals surface area (Å²) in [7, 11) is 3.14. The fraction of sp³-hybridized carbons (Fsp3) is 0.235. The predicted molar refractivity (Wildman–Crippen MR) is 93.1 cm³/mol. The maximum absolute atomic E-state index is 12.2. The highest BCUT2D eigenvalue weighted by Gasteiger charge is 2.15. The van der Waals surface area contributed by atoms with Gasteiger partial charge in [-0.1, -0.05) is 11.6 Å². The van der Waals surface area contributed by atoms with Gasteiger partial charge in [0.05, 0.1) is 12.0 Å². The van der Waals surface area contributed by atoms with E-state index in [-0.39, 0.29) is 24.7 Å². The lowest BCUT2D eigenvalue weighted by Gasteiger charge is -2.18. The van der Waals surface area contributed by atoms with E-state index in [1.54, 1.807) is 38.4 Å². The molecule has 0 saturated carbocycles. The number of carbonyl (C=O) groups is 1. The van der Waals surface area contributed by atoms with E-state index in [0.717, 1.165) is 0 Å². The molecule has 0 N–H and O–H groups in total. The first-order valence-corrected chi connectivity index (χ1v) is 7.72. The van der Waals surface area contributed by atoms with Crippen LogP contribution in [0.15, 0.2) is 42.5 Å². The third-order valence-electron chi connectivity index (χ3n) is 3.50. The Bertz CT molecular complexity index is 764. The normalized spacial score (nSPS) is 10.2. The number of carbonyl (C=O) groups excluding carboxylic acids is 1. The summed E-state index contributed by atoms with van der Waals surface area (Å²) in [4.78, 5) is 23.9. The van der Waals surface area contributed by atoms with Gasteiger partial charge in [-0.25, -0.2) is 0 Å². The molecule has 0 aliphatic rings. The number of non-ortho nitro benzene ring substituents is 1. The standard InChI is InChI=1S/C17H17ClN2O5/c1-19(10-12-9-13(20(22)23)3-8-16(12)18)17(21)11-25-15-6-4-14(24-2)5-7-15/h3-9H,10-11H2,1-2H3. The zero-order chi connectivity index (χ0) is 18.4. The van der Waals surface area contributed by atoms with Crippen molar-refractivity contribution in [2.75, 3.05) is 20.8 Å². The highest BCUT2D eigenvalue weighted by atomic mass is 35.5. The van der Waals surface area contributed by atoms with Crippen LogP contribution < -0.4 is 9.47 Å². The Hall–Kier alpha value is -2.80. The van der Waals surface area contributed by atoms with Crippen molar-refractivity contribution in [1.29, 1.82) is 0 Å². The second kappa shape index (κ2) is 8.34. The van der Waals surface area contributed by atoms with Gasteiger partial charge in [-0.05, 0) is 35.9 Å². The number of nitro benzene ring substituents is 1. The average molecular weight is 365 g/mol. The molecule has 0 fully saturated rings. The summed E-state index contributed by atoms with van der Waals surface area (Å²) in [5, 5.41) is 11.2. The van der Waals surface area contributed by atoms with E-state index in [4.69, 9.17) is 21.1 Å². The summed E-state index contributed by atoms with van der Waals surface area (Å²) in [6.07, 6.45) is 0. The topological polar surface area (TPSA) is 81.9 Å². The van der Waals surface area contributed by atoms with Crippen LogP contribution in [0, 0.1) is 10.1 Å². The van der Waals surface area contributed by atoms with Gasteiger partial charge in [0, 0.05) is 30.7 Å². The van der Waals surface area contributed by atoms with E-state index in [1.165, 1.54) is 23.1 Å². The second-order valence-electron chi connectivity index (χ2n) is 5.25. The molecule has 0 saturated heterocycles. The molecule has 0 atom stereocenters. The Kier molecular flexibility index (Phi) is 6.19. The van der Waals surface area contributed by atoms with Crippen molar-refractivity contribution in [2.45, 2.75) is 6.54 Å². The Balaban J connectivity index is 1.95. The highest BCUT2D eigenvalue weighted by molar-refractivity contribution is 6.31. The number of ether oxygens (including phenoxy) is 2. The molecule has 0 radical (unpaired) electrons. The summed E-state index contributed by atoms with van der Waals surface area (Å²) in [5.74, 6) is 0.949. The molecule has 0 heterocycles. The van der Waals surface area contributed by atoms with Gasteiger partial charge in [0.25, 0.3) is 11.6 Å². The molecule has 2 rings (SSSR count). The minimum absolute atomic E-state index is 0.0743. The van der Waals surface area contributed by atoms with Crippen molar-refractivity contribution in [3.8, 4) is 11.5 Å². The molecule has 1 amide bonds. The van der Waals surface area contributed by atoms with Gasteiger partial charge in [-0.3, -0.25) is 14.9 Å². The number of likely N-dealkylation sites (N-methyl/N-ethyl adjacent to an activating group) is 1. The van der Waals surface area contributed by atoms with Crippen LogP contribution >= 0.6 is 11.6 Å². The Morgan fingerprint density at radius 2 is 1.84 bits per heavy atom. The molecule has 2 aromatic carbocycles. The summed E-state index contributed by atoms with van der Waals surface area (Å²) >= 11 is 6.05. The molecule has 132 valence electrons. The molecule has 0 bridgehead atoms. The number of hydrogen-bond donors (Lipinski definition) is 0. The smallest absolute Gasteiger partial charge is 0.269 e. The van der Waals surface area contributed by atoms with Crippen molar-refractivity contribution in [1.82, 2.24) is 4.90 Å². The van der Waals surface area contributed by atoms with Crippen molar-refractivity contribution in [3.63, 3.8) is 0 Å². The summed E-state index contributed by atoms with van der Waals surface area (Å²) in [6.45, 7) is -0.0132. The van der Waals surface area contributed by atoms with Crippen LogP contribution in [0.3, 0.4) is 0 Å². The largest absolute Gasteiger partial charge is 0.497 e. The third-order valence-corrected chi connectivity index (χ3v) is 3.86. The van der Waals surface area contributed by atoms with Crippen LogP contribution in [0.25, 0.3) is 0 Å². The highest BCUT2D eigenvalue weighted by Crippen LogP contribution is 2.23. The quantitative estimate of drug-likeness (QED) is 0.556. The average Bonchev–Trinajstić information content (AvgIpc) is 2.61. The number of nitrogens with zero attached hydrogens (tertiary/aromatic N) is 2. The van der Waals surface area contributed by atoms with Gasteiger partial charge < -0.3 is 14.4 Å². The molecule has 0 unspecified atom stereocenters. The van der Waals surface area contributed by atoms with E-state index in [9.17, 15) is 14.9 Å². The lowest BCUT2D eigenvalue weighted by Crippen LogP contribution is -2.31. The van der Waals surface area contributed by atoms with Gasteiger partial charge in [0.1, 0.15) is 11.5 Å². The first kappa shape index (κ1) is 18.5. The van der Waals surface area contributed by atoms with Crippen LogP contribution in [-0.4, -0.2) is 36.5 Å². The molecule has 2 aromatic rings. The molecule has 25 heavy (non-hydrogen) atoms. The lowest BCUT2D eigenvalue weighted by molar-refractivity contribution is -0.384. The summed E-state index contributed by atoms with van der Waals surface area (Å²) in [5.41, 5.74) is 0.422. The molecule has 0 aromatic heterocycles.